The number of carbonyl (C=O) groups is 1. The lowest BCUT2D eigenvalue weighted by atomic mass is 10.2. The van der Waals surface area contributed by atoms with E-state index in [-0.39, 0.29) is 11.6 Å². The van der Waals surface area contributed by atoms with Crippen LogP contribution in [0.1, 0.15) is 18.4 Å². The minimum Gasteiger partial charge on any atom is -0.379 e. The fraction of sp³-hybridized carbons (Fsp3) is 0.235. The molecular weight excluding hydrogens is 330 g/mol. The fourth-order valence-corrected chi connectivity index (χ4v) is 2.37. The summed E-state index contributed by atoms with van der Waals surface area (Å²) >= 11 is 5.92. The molecule has 126 valence electrons. The van der Waals surface area contributed by atoms with Crippen LogP contribution < -0.4 is 10.6 Å². The van der Waals surface area contributed by atoms with Gasteiger partial charge in [-0.15, -0.1) is 0 Å². The first-order chi connectivity index (χ1) is 11.5. The number of rotatable bonds is 7. The summed E-state index contributed by atoms with van der Waals surface area (Å²) in [5, 5.41) is 17.3. The largest absolute Gasteiger partial charge is 0.379 e. The van der Waals surface area contributed by atoms with Crippen LogP contribution in [0.4, 0.5) is 17.1 Å². The average Bonchev–Trinajstić information content (AvgIpc) is 2.55. The van der Waals surface area contributed by atoms with Crippen LogP contribution in [-0.4, -0.2) is 17.4 Å². The summed E-state index contributed by atoms with van der Waals surface area (Å²) in [4.78, 5) is 22.5. The van der Waals surface area contributed by atoms with Gasteiger partial charge in [0.15, 0.2) is 0 Å². The number of anilines is 2. The van der Waals surface area contributed by atoms with Crippen molar-refractivity contribution in [2.24, 2.45) is 0 Å². The van der Waals surface area contributed by atoms with Crippen molar-refractivity contribution in [1.82, 2.24) is 0 Å². The second kappa shape index (κ2) is 8.31. The molecular formula is C17H18ClN3O3. The Morgan fingerprint density at radius 1 is 1.21 bits per heavy atom. The van der Waals surface area contributed by atoms with Crippen molar-refractivity contribution >= 4 is 34.6 Å². The molecule has 0 saturated heterocycles. The van der Waals surface area contributed by atoms with Gasteiger partial charge in [0.25, 0.3) is 5.69 Å². The van der Waals surface area contributed by atoms with Gasteiger partial charge in [-0.25, -0.2) is 0 Å². The number of nitro benzene ring substituents is 1. The van der Waals surface area contributed by atoms with Gasteiger partial charge in [0.1, 0.15) is 5.69 Å². The number of hydrogen-bond donors (Lipinski definition) is 2. The van der Waals surface area contributed by atoms with E-state index in [0.717, 1.165) is 5.56 Å². The molecule has 24 heavy (non-hydrogen) atoms. The molecule has 0 spiro atoms. The highest BCUT2D eigenvalue weighted by molar-refractivity contribution is 6.31. The highest BCUT2D eigenvalue weighted by Crippen LogP contribution is 2.23. The number of carbonyl (C=O) groups excluding carboxylic acids is 1. The molecule has 0 aliphatic rings. The minimum atomic E-state index is -0.434. The van der Waals surface area contributed by atoms with Gasteiger partial charge < -0.3 is 10.6 Å². The minimum absolute atomic E-state index is 0.0245. The summed E-state index contributed by atoms with van der Waals surface area (Å²) in [6.07, 6.45) is 0.858. The van der Waals surface area contributed by atoms with Crippen molar-refractivity contribution in [1.29, 1.82) is 0 Å². The van der Waals surface area contributed by atoms with E-state index in [1.165, 1.54) is 6.07 Å². The second-order valence-corrected chi connectivity index (χ2v) is 5.75. The van der Waals surface area contributed by atoms with Gasteiger partial charge in [0.05, 0.1) is 4.92 Å². The lowest BCUT2D eigenvalue weighted by molar-refractivity contribution is -0.384. The molecule has 7 heteroatoms. The van der Waals surface area contributed by atoms with E-state index in [0.29, 0.717) is 35.8 Å². The lowest BCUT2D eigenvalue weighted by Crippen LogP contribution is -2.14. The number of para-hydroxylation sites is 2. The molecule has 0 fully saturated rings. The molecule has 2 rings (SSSR count). The Morgan fingerprint density at radius 3 is 2.71 bits per heavy atom. The molecule has 2 aromatic carbocycles. The van der Waals surface area contributed by atoms with Gasteiger partial charge in [-0.3, -0.25) is 14.9 Å². The van der Waals surface area contributed by atoms with Crippen LogP contribution in [-0.2, 0) is 4.79 Å². The first-order valence-corrected chi connectivity index (χ1v) is 7.88. The highest BCUT2D eigenvalue weighted by Gasteiger charge is 2.11. The highest BCUT2D eigenvalue weighted by atomic mass is 35.5. The Kier molecular flexibility index (Phi) is 6.14. The summed E-state index contributed by atoms with van der Waals surface area (Å²) in [5.41, 5.74) is 2.11. The monoisotopic (exact) mass is 347 g/mol. The van der Waals surface area contributed by atoms with E-state index in [2.05, 4.69) is 10.6 Å². The zero-order valence-electron chi connectivity index (χ0n) is 13.2. The van der Waals surface area contributed by atoms with Crippen molar-refractivity contribution in [3.63, 3.8) is 0 Å². The van der Waals surface area contributed by atoms with Gasteiger partial charge in [-0.1, -0.05) is 29.8 Å². The van der Waals surface area contributed by atoms with Crippen LogP contribution >= 0.6 is 11.6 Å². The zero-order chi connectivity index (χ0) is 17.5. The normalized spacial score (nSPS) is 10.2. The molecule has 0 aliphatic heterocycles. The van der Waals surface area contributed by atoms with Crippen molar-refractivity contribution in [2.45, 2.75) is 19.8 Å². The first-order valence-electron chi connectivity index (χ1n) is 7.50. The third kappa shape index (κ3) is 4.96. The number of halogens is 1. The molecule has 0 atom stereocenters. The maximum Gasteiger partial charge on any atom is 0.292 e. The third-order valence-corrected chi connectivity index (χ3v) is 3.71. The third-order valence-electron chi connectivity index (χ3n) is 3.47. The van der Waals surface area contributed by atoms with Crippen LogP contribution in [0, 0.1) is 17.0 Å². The molecule has 2 N–H and O–H groups in total. The summed E-state index contributed by atoms with van der Waals surface area (Å²) in [5.74, 6) is -0.121. The molecule has 6 nitrogen and oxygen atoms in total. The molecule has 0 bridgehead atoms. The number of benzene rings is 2. The van der Waals surface area contributed by atoms with Crippen molar-refractivity contribution < 1.29 is 9.72 Å². The van der Waals surface area contributed by atoms with Gasteiger partial charge in [0.2, 0.25) is 5.91 Å². The van der Waals surface area contributed by atoms with E-state index in [9.17, 15) is 14.9 Å². The number of hydrogen-bond acceptors (Lipinski definition) is 4. The second-order valence-electron chi connectivity index (χ2n) is 5.31. The predicted octanol–water partition coefficient (Wildman–Crippen LogP) is 4.39. The Labute approximate surface area is 145 Å². The average molecular weight is 348 g/mol. The smallest absolute Gasteiger partial charge is 0.292 e. The molecule has 1 amide bonds. The molecule has 0 radical (unpaired) electrons. The van der Waals surface area contributed by atoms with Gasteiger partial charge >= 0.3 is 0 Å². The van der Waals surface area contributed by atoms with Gasteiger partial charge in [-0.05, 0) is 37.1 Å². The summed E-state index contributed by atoms with van der Waals surface area (Å²) in [6, 6.07) is 11.7. The fourth-order valence-electron chi connectivity index (χ4n) is 2.20. The number of nitrogens with zero attached hydrogens (tertiary/aromatic N) is 1. The van der Waals surface area contributed by atoms with E-state index in [1.54, 1.807) is 30.3 Å². The zero-order valence-corrected chi connectivity index (χ0v) is 14.0. The number of nitro groups is 1. The quantitative estimate of drug-likeness (QED) is 0.442. The number of amides is 1. The molecule has 0 heterocycles. The summed E-state index contributed by atoms with van der Waals surface area (Å²) < 4.78 is 0. The van der Waals surface area contributed by atoms with E-state index in [4.69, 9.17) is 11.6 Å². The van der Waals surface area contributed by atoms with Crippen LogP contribution in [0.5, 0.6) is 0 Å². The summed E-state index contributed by atoms with van der Waals surface area (Å²) in [7, 11) is 0. The Balaban J connectivity index is 1.81. The lowest BCUT2D eigenvalue weighted by Gasteiger charge is -2.09. The Bertz CT molecular complexity index is 750. The van der Waals surface area contributed by atoms with Crippen LogP contribution in [0.2, 0.25) is 5.02 Å². The molecule has 2 aromatic rings. The van der Waals surface area contributed by atoms with Crippen molar-refractivity contribution in [2.75, 3.05) is 17.2 Å². The number of aryl methyl sites for hydroxylation is 1. The predicted molar refractivity (Wildman–Crippen MR) is 95.6 cm³/mol. The van der Waals surface area contributed by atoms with Gasteiger partial charge in [-0.2, -0.15) is 0 Å². The van der Waals surface area contributed by atoms with Crippen LogP contribution in [0.25, 0.3) is 0 Å². The van der Waals surface area contributed by atoms with E-state index < -0.39 is 4.92 Å². The molecule has 0 aliphatic carbocycles. The summed E-state index contributed by atoms with van der Waals surface area (Å²) in [6.45, 7) is 2.36. The molecule has 0 aromatic heterocycles. The van der Waals surface area contributed by atoms with Gasteiger partial charge in [0, 0.05) is 29.7 Å². The van der Waals surface area contributed by atoms with Crippen molar-refractivity contribution in [3.8, 4) is 0 Å². The van der Waals surface area contributed by atoms with Crippen LogP contribution in [0.3, 0.4) is 0 Å². The topological polar surface area (TPSA) is 84.3 Å². The van der Waals surface area contributed by atoms with Crippen molar-refractivity contribution in [3.05, 3.63) is 63.2 Å². The maximum absolute atomic E-state index is 12.0. The Morgan fingerprint density at radius 2 is 1.96 bits per heavy atom. The molecule has 0 saturated carbocycles. The van der Waals surface area contributed by atoms with E-state index in [1.807, 2.05) is 13.0 Å². The maximum atomic E-state index is 12.0. The first kappa shape index (κ1) is 17.7. The van der Waals surface area contributed by atoms with E-state index >= 15 is 0 Å². The molecule has 0 unspecified atom stereocenters. The van der Waals surface area contributed by atoms with Crippen LogP contribution in [0.15, 0.2) is 42.5 Å². The Hall–Kier alpha value is -2.60. The SMILES string of the molecule is Cc1ccc(Cl)cc1NC(=O)CCCNc1ccccc1[N+](=O)[O-]. The standard InChI is InChI=1S/C17H18ClN3O3/c1-12-8-9-13(18)11-15(12)20-17(22)7-4-10-19-14-5-2-3-6-16(14)21(23)24/h2-3,5-6,8-9,11,19H,4,7,10H2,1H3,(H,20,22). The number of nitrogens with one attached hydrogen (secondary N) is 2.